The first kappa shape index (κ1) is 19.4. The van der Waals surface area contributed by atoms with Crippen molar-refractivity contribution < 1.29 is 28.2 Å². The standard InChI is InChI=1S/C16H21FN2O5/c1-16(2,3)24-15(21)19-8-11(7-17)10-23-12-5-6-13(18-9-12)14(20)22-4/h5-6,9-10H,7-8H2,1-4H3,(H,19,21)/b11-10-. The molecule has 0 aliphatic rings. The van der Waals surface area contributed by atoms with Crippen molar-refractivity contribution in [2.75, 3.05) is 20.3 Å². The summed E-state index contributed by atoms with van der Waals surface area (Å²) in [6.45, 7) is 4.33. The van der Waals surface area contributed by atoms with Crippen LogP contribution in [-0.4, -0.2) is 43.0 Å². The Bertz CT molecular complexity index is 593. The molecule has 0 saturated heterocycles. The fourth-order valence-electron chi connectivity index (χ4n) is 1.45. The zero-order valence-corrected chi connectivity index (χ0v) is 14.1. The number of alkyl carbamates (subject to hydrolysis) is 1. The number of ether oxygens (including phenoxy) is 3. The molecule has 0 saturated carbocycles. The predicted molar refractivity (Wildman–Crippen MR) is 84.5 cm³/mol. The van der Waals surface area contributed by atoms with Gasteiger partial charge in [0.05, 0.1) is 19.6 Å². The van der Waals surface area contributed by atoms with Crippen molar-refractivity contribution in [3.05, 3.63) is 35.9 Å². The van der Waals surface area contributed by atoms with Gasteiger partial charge in [-0.2, -0.15) is 0 Å². The maximum atomic E-state index is 12.9. The highest BCUT2D eigenvalue weighted by atomic mass is 19.1. The van der Waals surface area contributed by atoms with E-state index in [9.17, 15) is 14.0 Å². The monoisotopic (exact) mass is 340 g/mol. The van der Waals surface area contributed by atoms with E-state index in [1.165, 1.54) is 31.7 Å². The fourth-order valence-corrected chi connectivity index (χ4v) is 1.45. The third-order valence-corrected chi connectivity index (χ3v) is 2.52. The second-order valence-corrected chi connectivity index (χ2v) is 5.75. The summed E-state index contributed by atoms with van der Waals surface area (Å²) in [6, 6.07) is 2.91. The van der Waals surface area contributed by atoms with E-state index in [4.69, 9.17) is 9.47 Å². The number of carbonyl (C=O) groups is 2. The summed E-state index contributed by atoms with van der Waals surface area (Å²) in [6.07, 6.45) is 1.83. The summed E-state index contributed by atoms with van der Waals surface area (Å²) >= 11 is 0. The lowest BCUT2D eigenvalue weighted by atomic mass is 10.2. The molecule has 0 radical (unpaired) electrons. The molecule has 0 aliphatic carbocycles. The highest BCUT2D eigenvalue weighted by molar-refractivity contribution is 5.87. The quantitative estimate of drug-likeness (QED) is 0.633. The molecule has 0 fully saturated rings. The molecule has 132 valence electrons. The minimum Gasteiger partial charge on any atom is -0.464 e. The summed E-state index contributed by atoms with van der Waals surface area (Å²) in [5.74, 6) is -0.256. The third kappa shape index (κ3) is 7.08. The van der Waals surface area contributed by atoms with E-state index >= 15 is 0 Å². The number of amides is 1. The second kappa shape index (κ2) is 8.85. The van der Waals surface area contributed by atoms with Crippen molar-refractivity contribution in [3.63, 3.8) is 0 Å². The lowest BCUT2D eigenvalue weighted by Crippen LogP contribution is -2.33. The fraction of sp³-hybridized carbons (Fsp3) is 0.438. The summed E-state index contributed by atoms with van der Waals surface area (Å²) < 4.78 is 27.8. The molecule has 0 unspecified atom stereocenters. The lowest BCUT2D eigenvalue weighted by molar-refractivity contribution is 0.0530. The SMILES string of the molecule is COC(=O)c1ccc(O/C=C(/CF)CNC(=O)OC(C)(C)C)cn1. The van der Waals surface area contributed by atoms with Crippen LogP contribution in [0.3, 0.4) is 0 Å². The molecule has 8 heteroatoms. The number of pyridine rings is 1. The Morgan fingerprint density at radius 2 is 2.04 bits per heavy atom. The maximum Gasteiger partial charge on any atom is 0.407 e. The highest BCUT2D eigenvalue weighted by Crippen LogP contribution is 2.11. The molecule has 1 heterocycles. The number of esters is 1. The van der Waals surface area contributed by atoms with Crippen LogP contribution in [0.2, 0.25) is 0 Å². The van der Waals surface area contributed by atoms with Gasteiger partial charge < -0.3 is 19.5 Å². The van der Waals surface area contributed by atoms with E-state index in [0.717, 1.165) is 0 Å². The Hall–Kier alpha value is -2.64. The molecule has 24 heavy (non-hydrogen) atoms. The number of methoxy groups -OCH3 is 1. The van der Waals surface area contributed by atoms with Gasteiger partial charge in [0.2, 0.25) is 0 Å². The van der Waals surface area contributed by atoms with Gasteiger partial charge >= 0.3 is 12.1 Å². The van der Waals surface area contributed by atoms with Crippen LogP contribution in [0.4, 0.5) is 9.18 Å². The molecule has 0 atom stereocenters. The first-order chi connectivity index (χ1) is 11.2. The third-order valence-electron chi connectivity index (χ3n) is 2.52. The zero-order valence-electron chi connectivity index (χ0n) is 14.1. The summed E-state index contributed by atoms with van der Waals surface area (Å²) in [4.78, 5) is 26.6. The van der Waals surface area contributed by atoms with Gasteiger partial charge in [-0.15, -0.1) is 0 Å². The van der Waals surface area contributed by atoms with Gasteiger partial charge in [0, 0.05) is 12.1 Å². The van der Waals surface area contributed by atoms with Crippen LogP contribution in [0.1, 0.15) is 31.3 Å². The number of hydrogen-bond donors (Lipinski definition) is 1. The summed E-state index contributed by atoms with van der Waals surface area (Å²) in [5, 5.41) is 2.43. The van der Waals surface area contributed by atoms with E-state index in [1.54, 1.807) is 20.8 Å². The van der Waals surface area contributed by atoms with Gasteiger partial charge in [-0.25, -0.2) is 19.0 Å². The van der Waals surface area contributed by atoms with Crippen LogP contribution in [0, 0.1) is 0 Å². The van der Waals surface area contributed by atoms with Gasteiger partial charge in [-0.05, 0) is 32.9 Å². The lowest BCUT2D eigenvalue weighted by Gasteiger charge is -2.19. The van der Waals surface area contributed by atoms with Gasteiger partial charge in [-0.3, -0.25) is 0 Å². The molecule has 7 nitrogen and oxygen atoms in total. The summed E-state index contributed by atoms with van der Waals surface area (Å²) in [5.41, 5.74) is -0.295. The van der Waals surface area contributed by atoms with Crippen LogP contribution >= 0.6 is 0 Å². The Balaban J connectivity index is 2.56. The Kier molecular flexibility index (Phi) is 7.16. The van der Waals surface area contributed by atoms with Crippen molar-refractivity contribution in [1.29, 1.82) is 0 Å². The molecule has 0 aliphatic heterocycles. The van der Waals surface area contributed by atoms with Crippen molar-refractivity contribution in [2.45, 2.75) is 26.4 Å². The average Bonchev–Trinajstić information content (AvgIpc) is 2.53. The minimum atomic E-state index is -0.802. The maximum absolute atomic E-state index is 12.9. The molecule has 0 aromatic carbocycles. The smallest absolute Gasteiger partial charge is 0.407 e. The molecule has 0 bridgehead atoms. The second-order valence-electron chi connectivity index (χ2n) is 5.75. The number of aromatic nitrogens is 1. The molecule has 0 spiro atoms. The van der Waals surface area contributed by atoms with E-state index in [1.807, 2.05) is 0 Å². The van der Waals surface area contributed by atoms with E-state index < -0.39 is 24.3 Å². The van der Waals surface area contributed by atoms with Crippen LogP contribution in [0.25, 0.3) is 0 Å². The first-order valence-corrected chi connectivity index (χ1v) is 7.17. The van der Waals surface area contributed by atoms with Crippen LogP contribution < -0.4 is 10.1 Å². The molecule has 1 amide bonds. The largest absolute Gasteiger partial charge is 0.464 e. The minimum absolute atomic E-state index is 0.0565. The number of nitrogens with one attached hydrogen (secondary N) is 1. The Morgan fingerprint density at radius 3 is 2.54 bits per heavy atom. The number of carbonyl (C=O) groups excluding carboxylic acids is 2. The van der Waals surface area contributed by atoms with Crippen molar-refractivity contribution in [1.82, 2.24) is 10.3 Å². The van der Waals surface area contributed by atoms with Gasteiger partial charge in [0.15, 0.2) is 0 Å². The Labute approximate surface area is 139 Å². The van der Waals surface area contributed by atoms with Crippen molar-refractivity contribution in [3.8, 4) is 5.75 Å². The highest BCUT2D eigenvalue weighted by Gasteiger charge is 2.16. The molecule has 1 aromatic heterocycles. The topological polar surface area (TPSA) is 86.8 Å². The number of nitrogens with zero attached hydrogens (tertiary/aromatic N) is 1. The predicted octanol–water partition coefficient (Wildman–Crippen LogP) is 2.63. The van der Waals surface area contributed by atoms with Crippen molar-refractivity contribution >= 4 is 12.1 Å². The van der Waals surface area contributed by atoms with Crippen molar-refractivity contribution in [2.24, 2.45) is 0 Å². The number of alkyl halides is 1. The molecule has 1 aromatic rings. The van der Waals surface area contributed by atoms with Crippen LogP contribution in [-0.2, 0) is 9.47 Å². The molecule has 1 rings (SSSR count). The van der Waals surface area contributed by atoms with Crippen LogP contribution in [0.5, 0.6) is 5.75 Å². The number of halogens is 1. The van der Waals surface area contributed by atoms with E-state index in [2.05, 4.69) is 15.0 Å². The van der Waals surface area contributed by atoms with Gasteiger partial charge in [0.25, 0.3) is 0 Å². The zero-order chi connectivity index (χ0) is 18.2. The number of rotatable bonds is 6. The van der Waals surface area contributed by atoms with Crippen LogP contribution in [0.15, 0.2) is 30.2 Å². The summed E-state index contributed by atoms with van der Waals surface area (Å²) in [7, 11) is 1.25. The molecular weight excluding hydrogens is 319 g/mol. The molecule has 1 N–H and O–H groups in total. The normalized spacial score (nSPS) is 11.6. The molecular formula is C16H21FN2O5. The van der Waals surface area contributed by atoms with Gasteiger partial charge in [0.1, 0.15) is 23.7 Å². The Morgan fingerprint density at radius 1 is 1.33 bits per heavy atom. The van der Waals surface area contributed by atoms with Gasteiger partial charge in [-0.1, -0.05) is 0 Å². The average molecular weight is 340 g/mol. The number of hydrogen-bond acceptors (Lipinski definition) is 6. The first-order valence-electron chi connectivity index (χ1n) is 7.17. The van der Waals surface area contributed by atoms with E-state index in [0.29, 0.717) is 5.75 Å². The van der Waals surface area contributed by atoms with E-state index in [-0.39, 0.29) is 17.8 Å².